The molecule has 0 radical (unpaired) electrons. The van der Waals surface area contributed by atoms with Crippen LogP contribution in [0.1, 0.15) is 27.0 Å². The number of pyridine rings is 1. The third-order valence-corrected chi connectivity index (χ3v) is 5.47. The maximum Gasteiger partial charge on any atom is 0.198 e. The van der Waals surface area contributed by atoms with Gasteiger partial charge in [-0.2, -0.15) is 10.5 Å². The summed E-state index contributed by atoms with van der Waals surface area (Å²) in [4.78, 5) is 17.7. The minimum absolute atomic E-state index is 0.169. The fourth-order valence-corrected chi connectivity index (χ4v) is 4.21. The number of carbonyl (C=O) groups is 1. The average Bonchev–Trinajstić information content (AvgIpc) is 3.29. The lowest BCUT2D eigenvalue weighted by Gasteiger charge is -2.09. The van der Waals surface area contributed by atoms with Gasteiger partial charge in [0.25, 0.3) is 0 Å². The smallest absolute Gasteiger partial charge is 0.198 e. The molecule has 8 heteroatoms. The van der Waals surface area contributed by atoms with Gasteiger partial charge in [-0.1, -0.05) is 30.3 Å². The number of Topliss-reactive ketones (excluding diaryl/α,β-unsaturated/α-hetero) is 1. The Hall–Kier alpha value is -4.56. The highest BCUT2D eigenvalue weighted by Gasteiger charge is 2.44. The first-order valence-corrected chi connectivity index (χ1v) is 9.17. The first-order valence-electron chi connectivity index (χ1n) is 9.17. The molecular formula is C24H7F4N3O. The molecule has 2 aromatic carbocycles. The second-order valence-electron chi connectivity index (χ2n) is 7.00. The van der Waals surface area contributed by atoms with Crippen molar-refractivity contribution in [2.45, 2.75) is 0 Å². The van der Waals surface area contributed by atoms with E-state index in [0.717, 1.165) is 0 Å². The summed E-state index contributed by atoms with van der Waals surface area (Å²) in [6.07, 6.45) is 1.52. The molecule has 152 valence electrons. The van der Waals surface area contributed by atoms with Gasteiger partial charge in [0.1, 0.15) is 17.7 Å². The summed E-state index contributed by atoms with van der Waals surface area (Å²) in [6, 6.07) is 13.0. The molecule has 0 amide bonds. The van der Waals surface area contributed by atoms with E-state index < -0.39 is 51.3 Å². The quantitative estimate of drug-likeness (QED) is 0.128. The van der Waals surface area contributed by atoms with Crippen LogP contribution in [-0.2, 0) is 0 Å². The van der Waals surface area contributed by atoms with Gasteiger partial charge in [0.05, 0.1) is 11.3 Å². The van der Waals surface area contributed by atoms with Crippen molar-refractivity contribution in [3.8, 4) is 23.4 Å². The number of fused-ring (bicyclic) bond motifs is 4. The van der Waals surface area contributed by atoms with Crippen LogP contribution in [0.15, 0.2) is 53.7 Å². The topological polar surface area (TPSA) is 77.5 Å². The molecule has 32 heavy (non-hydrogen) atoms. The second kappa shape index (κ2) is 6.73. The van der Waals surface area contributed by atoms with E-state index in [-0.39, 0.29) is 11.1 Å². The van der Waals surface area contributed by atoms with Gasteiger partial charge < -0.3 is 0 Å². The summed E-state index contributed by atoms with van der Waals surface area (Å²) in [5.74, 6) is -9.18. The molecule has 0 unspecified atom stereocenters. The number of nitriles is 2. The van der Waals surface area contributed by atoms with Crippen molar-refractivity contribution in [1.29, 1.82) is 10.5 Å². The lowest BCUT2D eigenvalue weighted by Crippen LogP contribution is -2.07. The number of hydrogen-bond acceptors (Lipinski definition) is 4. The average molecular weight is 429 g/mol. The van der Waals surface area contributed by atoms with Crippen LogP contribution >= 0.6 is 0 Å². The summed E-state index contributed by atoms with van der Waals surface area (Å²) in [5.41, 5.74) is -1.57. The van der Waals surface area contributed by atoms with Crippen molar-refractivity contribution in [2.24, 2.45) is 0 Å². The zero-order valence-corrected chi connectivity index (χ0v) is 15.8. The van der Waals surface area contributed by atoms with Gasteiger partial charge in [0.2, 0.25) is 0 Å². The van der Waals surface area contributed by atoms with Gasteiger partial charge in [-0.25, -0.2) is 17.6 Å². The third-order valence-electron chi connectivity index (χ3n) is 5.47. The van der Waals surface area contributed by atoms with Crippen LogP contribution in [0.2, 0.25) is 0 Å². The number of halogens is 4. The Labute approximate surface area is 178 Å². The van der Waals surface area contributed by atoms with E-state index in [2.05, 4.69) is 4.98 Å². The molecule has 0 atom stereocenters. The molecule has 0 aliphatic heterocycles. The van der Waals surface area contributed by atoms with E-state index in [1.165, 1.54) is 6.20 Å². The zero-order valence-electron chi connectivity index (χ0n) is 15.8. The highest BCUT2D eigenvalue weighted by Crippen LogP contribution is 2.51. The van der Waals surface area contributed by atoms with Crippen LogP contribution in [-0.4, -0.2) is 10.8 Å². The van der Waals surface area contributed by atoms with Crippen LogP contribution in [0.25, 0.3) is 22.4 Å². The van der Waals surface area contributed by atoms with Gasteiger partial charge in [0.15, 0.2) is 29.1 Å². The third kappa shape index (κ3) is 2.29. The minimum Gasteiger partial charge on any atom is -0.288 e. The fraction of sp³-hybridized carbons (Fsp3) is 0. The van der Waals surface area contributed by atoms with Crippen LogP contribution in [0.3, 0.4) is 0 Å². The Morgan fingerprint density at radius 1 is 0.750 bits per heavy atom. The molecule has 5 rings (SSSR count). The van der Waals surface area contributed by atoms with E-state index >= 15 is 0 Å². The van der Waals surface area contributed by atoms with Crippen LogP contribution in [0, 0.1) is 45.9 Å². The van der Waals surface area contributed by atoms with Gasteiger partial charge >= 0.3 is 0 Å². The minimum atomic E-state index is -2.15. The molecule has 2 aliphatic carbocycles. The van der Waals surface area contributed by atoms with E-state index in [0.29, 0.717) is 22.4 Å². The Kier molecular flexibility index (Phi) is 4.08. The van der Waals surface area contributed by atoms with Crippen LogP contribution in [0.4, 0.5) is 17.6 Å². The molecule has 0 saturated heterocycles. The number of ketones is 1. The molecule has 0 saturated carbocycles. The molecule has 0 spiro atoms. The van der Waals surface area contributed by atoms with Gasteiger partial charge in [-0.3, -0.25) is 9.78 Å². The van der Waals surface area contributed by atoms with Gasteiger partial charge in [-0.15, -0.1) is 0 Å². The summed E-state index contributed by atoms with van der Waals surface area (Å²) in [5, 5.41) is 18.9. The van der Waals surface area contributed by atoms with E-state index in [1.807, 2.05) is 0 Å². The molecule has 0 fully saturated rings. The Balaban J connectivity index is 2.03. The van der Waals surface area contributed by atoms with Gasteiger partial charge in [-0.05, 0) is 11.6 Å². The van der Waals surface area contributed by atoms with Crippen molar-refractivity contribution in [1.82, 2.24) is 4.98 Å². The highest BCUT2D eigenvalue weighted by molar-refractivity contribution is 6.33. The first kappa shape index (κ1) is 19.4. The number of carbonyl (C=O) groups excluding carboxylic acids is 1. The summed E-state index contributed by atoms with van der Waals surface area (Å²) < 4.78 is 57.6. The number of allylic oxidation sites excluding steroid dienone is 3. The zero-order chi connectivity index (χ0) is 22.7. The fourth-order valence-electron chi connectivity index (χ4n) is 4.21. The predicted molar refractivity (Wildman–Crippen MR) is 104 cm³/mol. The first-order chi connectivity index (χ1) is 15.4. The second-order valence-corrected chi connectivity index (χ2v) is 7.00. The van der Waals surface area contributed by atoms with E-state index in [4.69, 9.17) is 0 Å². The summed E-state index contributed by atoms with van der Waals surface area (Å²) >= 11 is 0. The van der Waals surface area contributed by atoms with E-state index in [1.54, 1.807) is 48.5 Å². The lowest BCUT2D eigenvalue weighted by atomic mass is 9.91. The molecular weight excluding hydrogens is 422 g/mol. The normalized spacial score (nSPS) is 15.7. The molecule has 3 aromatic rings. The number of aromatic nitrogens is 1. The maximum atomic E-state index is 14.8. The van der Waals surface area contributed by atoms with Crippen LogP contribution < -0.4 is 0 Å². The molecule has 1 heterocycles. The number of nitrogens with zero attached hydrogens (tertiary/aromatic N) is 3. The molecule has 2 aliphatic rings. The standard InChI is InChI=1S/C24H7F4N3O/c25-19-16-14(10(8-29)9-30)17(24(32)18(16)20(26)22(28)21(19)27)15-11-4-1-2-5-12(11)23-13(15)6-3-7-31-23/h1-7H/b17-15-. The molecule has 1 aromatic heterocycles. The molecule has 0 bridgehead atoms. The summed E-state index contributed by atoms with van der Waals surface area (Å²) in [6.45, 7) is 0. The van der Waals surface area contributed by atoms with Crippen molar-refractivity contribution >= 4 is 16.9 Å². The number of benzene rings is 2. The maximum absolute atomic E-state index is 14.8. The van der Waals surface area contributed by atoms with Gasteiger partial charge in [0, 0.05) is 39.6 Å². The Morgan fingerprint density at radius 2 is 1.34 bits per heavy atom. The number of hydrogen-bond donors (Lipinski definition) is 0. The van der Waals surface area contributed by atoms with Crippen LogP contribution in [0.5, 0.6) is 0 Å². The highest BCUT2D eigenvalue weighted by atomic mass is 19.2. The van der Waals surface area contributed by atoms with Crippen molar-refractivity contribution in [3.05, 3.63) is 99.3 Å². The van der Waals surface area contributed by atoms with Crippen molar-refractivity contribution < 1.29 is 22.4 Å². The lowest BCUT2D eigenvalue weighted by molar-refractivity contribution is 0.103. The monoisotopic (exact) mass is 429 g/mol. The molecule has 4 nitrogen and oxygen atoms in total. The largest absolute Gasteiger partial charge is 0.288 e. The predicted octanol–water partition coefficient (Wildman–Crippen LogP) is 5.12. The number of rotatable bonds is 0. The van der Waals surface area contributed by atoms with Crippen molar-refractivity contribution in [3.63, 3.8) is 0 Å². The SMILES string of the molecule is N#CC(C#N)=C1/C(=C2\c3ccccc3-c3ncccc32)C(=O)c2c(F)c(F)c(F)c(F)c21. The Morgan fingerprint density at radius 3 is 2.00 bits per heavy atom. The van der Waals surface area contributed by atoms with E-state index in [9.17, 15) is 32.9 Å². The summed E-state index contributed by atoms with van der Waals surface area (Å²) in [7, 11) is 0. The Bertz CT molecular complexity index is 1490. The molecule has 0 N–H and O–H groups in total. The van der Waals surface area contributed by atoms with Crippen molar-refractivity contribution in [2.75, 3.05) is 0 Å².